The average Bonchev–Trinajstić information content (AvgIpc) is 2.04. The van der Waals surface area contributed by atoms with E-state index in [1.807, 2.05) is 0 Å². The van der Waals surface area contributed by atoms with Gasteiger partial charge in [0.1, 0.15) is 5.75 Å². The lowest BCUT2D eigenvalue weighted by molar-refractivity contribution is 0.199. The molecule has 0 aliphatic rings. The fraction of sp³-hybridized carbons (Fsp3) is 0.333. The molecule has 0 aliphatic carbocycles. The number of aliphatic hydroxyl groups is 1. The van der Waals surface area contributed by atoms with E-state index in [9.17, 15) is 5.11 Å². The van der Waals surface area contributed by atoms with Crippen molar-refractivity contribution in [2.45, 2.75) is 13.0 Å². The van der Waals surface area contributed by atoms with E-state index in [1.54, 1.807) is 32.2 Å². The predicted molar refractivity (Wildman–Crippen MR) is 48.6 cm³/mol. The maximum Gasteiger partial charge on any atom is 0.137 e. The average molecular weight is 187 g/mol. The van der Waals surface area contributed by atoms with Gasteiger partial charge in [-0.05, 0) is 24.6 Å². The molecule has 1 aromatic carbocycles. The zero-order chi connectivity index (χ0) is 9.14. The number of halogens is 1. The Morgan fingerprint density at radius 2 is 2.17 bits per heavy atom. The van der Waals surface area contributed by atoms with Gasteiger partial charge < -0.3 is 9.84 Å². The van der Waals surface area contributed by atoms with Crippen molar-refractivity contribution in [1.29, 1.82) is 0 Å². The Labute approximate surface area is 76.7 Å². The maximum absolute atomic E-state index is 9.21. The van der Waals surface area contributed by atoms with Gasteiger partial charge in [-0.15, -0.1) is 0 Å². The molecule has 3 heteroatoms. The van der Waals surface area contributed by atoms with Gasteiger partial charge in [0.05, 0.1) is 18.2 Å². The highest BCUT2D eigenvalue weighted by Gasteiger charge is 2.04. The number of rotatable bonds is 2. The minimum absolute atomic E-state index is 0.492. The second-order valence-corrected chi connectivity index (χ2v) is 2.98. The summed E-state index contributed by atoms with van der Waals surface area (Å²) in [4.78, 5) is 0. The van der Waals surface area contributed by atoms with Crippen LogP contribution in [0.4, 0.5) is 0 Å². The number of benzene rings is 1. The Morgan fingerprint density at radius 3 is 2.58 bits per heavy atom. The second-order valence-electron chi connectivity index (χ2n) is 2.57. The molecule has 0 fully saturated rings. The maximum atomic E-state index is 9.21. The van der Waals surface area contributed by atoms with Crippen molar-refractivity contribution in [2.75, 3.05) is 7.11 Å². The van der Waals surface area contributed by atoms with Crippen LogP contribution in [0.1, 0.15) is 18.6 Å². The van der Waals surface area contributed by atoms with Crippen LogP contribution < -0.4 is 4.74 Å². The first-order valence-corrected chi connectivity index (χ1v) is 4.04. The fourth-order valence-electron chi connectivity index (χ4n) is 0.942. The normalized spacial score (nSPS) is 12.7. The molecule has 0 saturated heterocycles. The topological polar surface area (TPSA) is 29.5 Å². The molecule has 0 radical (unpaired) electrons. The van der Waals surface area contributed by atoms with Crippen molar-refractivity contribution in [3.63, 3.8) is 0 Å². The Bertz CT molecular complexity index is 271. The van der Waals surface area contributed by atoms with Crippen molar-refractivity contribution < 1.29 is 9.84 Å². The zero-order valence-corrected chi connectivity index (χ0v) is 7.80. The molecule has 0 unspecified atom stereocenters. The van der Waals surface area contributed by atoms with Gasteiger partial charge in [0.15, 0.2) is 0 Å². The van der Waals surface area contributed by atoms with Crippen LogP contribution >= 0.6 is 11.6 Å². The monoisotopic (exact) mass is 186 g/mol. The third-order valence-corrected chi connectivity index (χ3v) is 1.95. The molecule has 1 aromatic rings. The third-order valence-electron chi connectivity index (χ3n) is 1.66. The summed E-state index contributed by atoms with van der Waals surface area (Å²) in [5.41, 5.74) is 0.792. The summed E-state index contributed by atoms with van der Waals surface area (Å²) in [6.07, 6.45) is -0.492. The molecule has 1 N–H and O–H groups in total. The van der Waals surface area contributed by atoms with Crippen LogP contribution in [0.5, 0.6) is 5.75 Å². The van der Waals surface area contributed by atoms with Crippen molar-refractivity contribution in [2.24, 2.45) is 0 Å². The van der Waals surface area contributed by atoms with E-state index < -0.39 is 6.10 Å². The van der Waals surface area contributed by atoms with E-state index in [4.69, 9.17) is 16.3 Å². The first-order chi connectivity index (χ1) is 5.65. The molecule has 1 rings (SSSR count). The molecule has 0 saturated carbocycles. The number of hydrogen-bond donors (Lipinski definition) is 1. The van der Waals surface area contributed by atoms with Crippen molar-refractivity contribution >= 4 is 11.6 Å². The van der Waals surface area contributed by atoms with E-state index in [1.165, 1.54) is 0 Å². The minimum Gasteiger partial charge on any atom is -0.495 e. The van der Waals surface area contributed by atoms with Crippen molar-refractivity contribution in [1.82, 2.24) is 0 Å². The summed E-state index contributed by atoms with van der Waals surface area (Å²) in [5.74, 6) is 0.626. The van der Waals surface area contributed by atoms with Gasteiger partial charge in [0.2, 0.25) is 0 Å². The zero-order valence-electron chi connectivity index (χ0n) is 7.04. The Hall–Kier alpha value is -0.730. The van der Waals surface area contributed by atoms with Gasteiger partial charge in [-0.25, -0.2) is 0 Å². The van der Waals surface area contributed by atoms with Gasteiger partial charge in [0.25, 0.3) is 0 Å². The lowest BCUT2D eigenvalue weighted by Gasteiger charge is -2.07. The largest absolute Gasteiger partial charge is 0.495 e. The Balaban J connectivity index is 3.02. The van der Waals surface area contributed by atoms with Crippen molar-refractivity contribution in [3.05, 3.63) is 28.8 Å². The SMILES string of the molecule is COc1ccc([C@H](C)O)cc1Cl. The van der Waals surface area contributed by atoms with Crippen LogP contribution in [0.15, 0.2) is 18.2 Å². The Kier molecular flexibility index (Phi) is 2.95. The summed E-state index contributed by atoms with van der Waals surface area (Å²) < 4.78 is 4.97. The highest BCUT2D eigenvalue weighted by atomic mass is 35.5. The number of ether oxygens (including phenoxy) is 1. The van der Waals surface area contributed by atoms with Gasteiger partial charge in [-0.1, -0.05) is 17.7 Å². The highest BCUT2D eigenvalue weighted by Crippen LogP contribution is 2.27. The minimum atomic E-state index is -0.492. The van der Waals surface area contributed by atoms with Gasteiger partial charge in [-0.2, -0.15) is 0 Å². The molecular formula is C9H11ClO2. The van der Waals surface area contributed by atoms with Gasteiger partial charge in [0, 0.05) is 0 Å². The fourth-order valence-corrected chi connectivity index (χ4v) is 1.21. The van der Waals surface area contributed by atoms with E-state index in [-0.39, 0.29) is 0 Å². The van der Waals surface area contributed by atoms with Gasteiger partial charge >= 0.3 is 0 Å². The van der Waals surface area contributed by atoms with Crippen molar-refractivity contribution in [3.8, 4) is 5.75 Å². The standard InChI is InChI=1S/C9H11ClO2/c1-6(11)7-3-4-9(12-2)8(10)5-7/h3-6,11H,1-2H3/t6-/m0/s1. The number of aliphatic hydroxyl groups excluding tert-OH is 1. The van der Waals surface area contributed by atoms with Crippen LogP contribution in [0, 0.1) is 0 Å². The molecule has 0 aliphatic heterocycles. The van der Waals surface area contributed by atoms with Crippen LogP contribution in [0.3, 0.4) is 0 Å². The molecule has 0 bridgehead atoms. The second kappa shape index (κ2) is 3.78. The molecule has 66 valence electrons. The smallest absolute Gasteiger partial charge is 0.137 e. The molecule has 1 atom stereocenters. The third kappa shape index (κ3) is 1.90. The summed E-state index contributed by atoms with van der Waals surface area (Å²) >= 11 is 5.84. The van der Waals surface area contributed by atoms with E-state index in [0.29, 0.717) is 10.8 Å². The predicted octanol–water partition coefficient (Wildman–Crippen LogP) is 2.40. The highest BCUT2D eigenvalue weighted by molar-refractivity contribution is 6.32. The lowest BCUT2D eigenvalue weighted by atomic mass is 10.1. The summed E-state index contributed by atoms with van der Waals surface area (Å²) in [6.45, 7) is 1.69. The molecule has 12 heavy (non-hydrogen) atoms. The lowest BCUT2D eigenvalue weighted by Crippen LogP contribution is -1.91. The van der Waals surface area contributed by atoms with Crippen LogP contribution in [-0.4, -0.2) is 12.2 Å². The first kappa shape index (κ1) is 9.36. The summed E-state index contributed by atoms with van der Waals surface area (Å²) in [5, 5.41) is 9.74. The van der Waals surface area contributed by atoms with Crippen LogP contribution in [0.2, 0.25) is 5.02 Å². The molecule has 0 heterocycles. The van der Waals surface area contributed by atoms with E-state index in [2.05, 4.69) is 0 Å². The first-order valence-electron chi connectivity index (χ1n) is 3.66. The van der Waals surface area contributed by atoms with Gasteiger partial charge in [-0.3, -0.25) is 0 Å². The summed E-state index contributed by atoms with van der Waals surface area (Å²) in [7, 11) is 1.56. The van der Waals surface area contributed by atoms with E-state index in [0.717, 1.165) is 5.56 Å². The molecule has 2 nitrogen and oxygen atoms in total. The van der Waals surface area contributed by atoms with E-state index >= 15 is 0 Å². The number of methoxy groups -OCH3 is 1. The summed E-state index contributed by atoms with van der Waals surface area (Å²) in [6, 6.07) is 5.23. The molecule has 0 amide bonds. The molecule has 0 aromatic heterocycles. The quantitative estimate of drug-likeness (QED) is 0.769. The number of hydrogen-bond acceptors (Lipinski definition) is 2. The van der Waals surface area contributed by atoms with Crippen LogP contribution in [-0.2, 0) is 0 Å². The van der Waals surface area contributed by atoms with Crippen LogP contribution in [0.25, 0.3) is 0 Å². The molecule has 0 spiro atoms. The molecular weight excluding hydrogens is 176 g/mol. The Morgan fingerprint density at radius 1 is 1.50 bits per heavy atom.